The zero-order valence-electron chi connectivity index (χ0n) is 23.9. The Balaban J connectivity index is 1.23. The largest absolute Gasteiger partial charge is 0.353 e. The summed E-state index contributed by atoms with van der Waals surface area (Å²) in [5.41, 5.74) is 7.31. The summed E-state index contributed by atoms with van der Waals surface area (Å²) in [6.45, 7) is 0. The van der Waals surface area contributed by atoms with Gasteiger partial charge in [-0.3, -0.25) is 19.9 Å². The monoisotopic (exact) mass is 608 g/mol. The lowest BCUT2D eigenvalue weighted by atomic mass is 9.85. The molecule has 222 valence electrons. The van der Waals surface area contributed by atoms with Crippen LogP contribution in [-0.4, -0.2) is 51.5 Å². The fourth-order valence-corrected chi connectivity index (χ4v) is 6.23. The molecule has 0 bridgehead atoms. The minimum Gasteiger partial charge on any atom is -0.353 e. The molecule has 1 fully saturated rings. The van der Waals surface area contributed by atoms with Gasteiger partial charge in [-0.15, -0.1) is 0 Å². The summed E-state index contributed by atoms with van der Waals surface area (Å²) in [7, 11) is -3.19. The van der Waals surface area contributed by atoms with Crippen LogP contribution in [-0.2, 0) is 21.1 Å². The van der Waals surface area contributed by atoms with Crippen molar-refractivity contribution in [1.82, 2.24) is 25.1 Å². The number of hydrogen-bond donors (Lipinski definition) is 3. The van der Waals surface area contributed by atoms with Gasteiger partial charge in [0.1, 0.15) is 21.3 Å². The third-order valence-corrected chi connectivity index (χ3v) is 9.12. The lowest BCUT2D eigenvalue weighted by Gasteiger charge is -2.24. The molecular weight excluding hydrogens is 579 g/mol. The van der Waals surface area contributed by atoms with Gasteiger partial charge in [-0.2, -0.15) is 5.10 Å². The summed E-state index contributed by atoms with van der Waals surface area (Å²) < 4.78 is 38.0. The smallest absolute Gasteiger partial charge is 0.227 e. The molecule has 1 aliphatic rings. The Bertz CT molecular complexity index is 2170. The number of pyridine rings is 2. The maximum atomic E-state index is 14.6. The molecule has 7 rings (SSSR count). The van der Waals surface area contributed by atoms with Gasteiger partial charge < -0.3 is 10.3 Å². The second-order valence-corrected chi connectivity index (χ2v) is 13.7. The van der Waals surface area contributed by atoms with E-state index < -0.39 is 15.7 Å². The average Bonchev–Trinajstić information content (AvgIpc) is 3.58. The van der Waals surface area contributed by atoms with Crippen LogP contribution >= 0.6 is 0 Å². The third kappa shape index (κ3) is 5.58. The molecule has 0 saturated heterocycles. The number of hydrogen-bond acceptors (Lipinski definition) is 6. The van der Waals surface area contributed by atoms with Gasteiger partial charge in [-0.05, 0) is 78.9 Å². The number of benzene rings is 2. The van der Waals surface area contributed by atoms with E-state index in [0.717, 1.165) is 57.9 Å². The lowest BCUT2D eigenvalue weighted by molar-refractivity contribution is -0.122. The zero-order chi connectivity index (χ0) is 30.4. The molecule has 4 aromatic heterocycles. The van der Waals surface area contributed by atoms with Crippen LogP contribution in [0, 0.1) is 11.7 Å². The lowest BCUT2D eigenvalue weighted by Crippen LogP contribution is -2.28. The molecule has 11 heteroatoms. The Kier molecular flexibility index (Phi) is 6.97. The number of amides is 1. The quantitative estimate of drug-likeness (QED) is 0.186. The summed E-state index contributed by atoms with van der Waals surface area (Å²) in [6.07, 6.45) is 9.42. The fraction of sp³-hybridized carbons (Fsp3) is 0.212. The fourth-order valence-electron chi connectivity index (χ4n) is 5.63. The number of halogens is 1. The molecule has 0 unspecified atom stereocenters. The van der Waals surface area contributed by atoms with Gasteiger partial charge in [0.2, 0.25) is 5.91 Å². The number of rotatable bonds is 8. The molecule has 3 N–H and O–H groups in total. The number of nitrogens with zero attached hydrogens (tertiary/aromatic N) is 3. The first-order chi connectivity index (χ1) is 21.2. The Morgan fingerprint density at radius 2 is 1.80 bits per heavy atom. The number of fused-ring (bicyclic) bond motifs is 2. The number of H-pyrrole nitrogens is 2. The maximum Gasteiger partial charge on any atom is 0.227 e. The molecule has 0 radical (unpaired) electrons. The molecule has 9 nitrogen and oxygen atoms in total. The summed E-state index contributed by atoms with van der Waals surface area (Å²) in [6, 6.07) is 16.3. The number of nitrogens with one attached hydrogen (secondary N) is 3. The second-order valence-electron chi connectivity index (χ2n) is 11.4. The van der Waals surface area contributed by atoms with Crippen LogP contribution in [0.4, 0.5) is 10.1 Å². The number of aromatic nitrogens is 5. The molecule has 0 spiro atoms. The predicted octanol–water partition coefficient (Wildman–Crippen LogP) is 6.30. The van der Waals surface area contributed by atoms with Gasteiger partial charge in [0, 0.05) is 52.0 Å². The number of aromatic amines is 2. The van der Waals surface area contributed by atoms with Gasteiger partial charge in [0.05, 0.1) is 34.5 Å². The van der Waals surface area contributed by atoms with Crippen molar-refractivity contribution in [2.75, 3.05) is 17.3 Å². The van der Waals surface area contributed by atoms with Crippen molar-refractivity contribution in [1.29, 1.82) is 0 Å². The SMILES string of the molecule is CS(=O)(=O)CCc1cc(F)cc(-c2nccc3[nH]c(-c4n[nH]c5ccc(-c6cncc(NC(=O)C7CCC7)c6)cc45)cc23)c1. The van der Waals surface area contributed by atoms with Crippen LogP contribution in [0.1, 0.15) is 24.8 Å². The van der Waals surface area contributed by atoms with Gasteiger partial charge in [-0.1, -0.05) is 12.5 Å². The number of carbonyl (C=O) groups excluding carboxylic acids is 1. The van der Waals surface area contributed by atoms with Crippen molar-refractivity contribution in [3.05, 3.63) is 84.6 Å². The highest BCUT2D eigenvalue weighted by Gasteiger charge is 2.25. The zero-order valence-corrected chi connectivity index (χ0v) is 24.7. The van der Waals surface area contributed by atoms with E-state index in [1.807, 2.05) is 36.4 Å². The molecule has 0 aliphatic heterocycles. The molecule has 1 aliphatic carbocycles. The first kappa shape index (κ1) is 27.9. The van der Waals surface area contributed by atoms with E-state index in [1.54, 1.807) is 24.7 Å². The molecule has 0 atom stereocenters. The Morgan fingerprint density at radius 1 is 0.955 bits per heavy atom. The topological polar surface area (TPSA) is 133 Å². The van der Waals surface area contributed by atoms with Crippen LogP contribution in [0.2, 0.25) is 0 Å². The second kappa shape index (κ2) is 11.0. The number of anilines is 1. The molecular formula is C33H29FN6O3S. The van der Waals surface area contributed by atoms with Crippen molar-refractivity contribution in [2.24, 2.45) is 5.92 Å². The van der Waals surface area contributed by atoms with Gasteiger partial charge in [-0.25, -0.2) is 12.8 Å². The van der Waals surface area contributed by atoms with Crippen LogP contribution in [0.3, 0.4) is 0 Å². The van der Waals surface area contributed by atoms with Crippen molar-refractivity contribution in [2.45, 2.75) is 25.7 Å². The van der Waals surface area contributed by atoms with Crippen LogP contribution < -0.4 is 5.32 Å². The Morgan fingerprint density at radius 3 is 2.59 bits per heavy atom. The molecule has 2 aromatic carbocycles. The van der Waals surface area contributed by atoms with E-state index in [1.165, 1.54) is 18.4 Å². The maximum absolute atomic E-state index is 14.6. The number of carbonyl (C=O) groups is 1. The van der Waals surface area contributed by atoms with Crippen LogP contribution in [0.25, 0.3) is 55.6 Å². The van der Waals surface area contributed by atoms with Crippen LogP contribution in [0.5, 0.6) is 0 Å². The normalized spacial score (nSPS) is 13.8. The van der Waals surface area contributed by atoms with Gasteiger partial charge in [0.15, 0.2) is 0 Å². The first-order valence-corrected chi connectivity index (χ1v) is 16.5. The van der Waals surface area contributed by atoms with E-state index in [4.69, 9.17) is 0 Å². The van der Waals surface area contributed by atoms with Crippen molar-refractivity contribution < 1.29 is 17.6 Å². The van der Waals surface area contributed by atoms with E-state index in [0.29, 0.717) is 28.2 Å². The van der Waals surface area contributed by atoms with Gasteiger partial charge in [0.25, 0.3) is 0 Å². The highest BCUT2D eigenvalue weighted by molar-refractivity contribution is 7.90. The van der Waals surface area contributed by atoms with Crippen molar-refractivity contribution >= 4 is 43.2 Å². The highest BCUT2D eigenvalue weighted by Crippen LogP contribution is 2.35. The summed E-state index contributed by atoms with van der Waals surface area (Å²) >= 11 is 0. The standard InChI is InChI=1S/C33H29FN6O3S/c1-44(42,43)10-8-19-11-22(13-24(34)12-19)31-27-16-30(38-28(27)7-9-36-31)32-26-15-21(5-6-29(26)39-40-32)23-14-25(18-35-17-23)37-33(41)20-3-2-4-20/h5-7,9,11-18,20,38H,2-4,8,10H2,1H3,(H,37,41)(H,39,40). The Hall–Kier alpha value is -4.90. The van der Waals surface area contributed by atoms with Crippen molar-refractivity contribution in [3.8, 4) is 33.8 Å². The van der Waals surface area contributed by atoms with Gasteiger partial charge >= 0.3 is 0 Å². The molecule has 44 heavy (non-hydrogen) atoms. The minimum atomic E-state index is -3.19. The Labute approximate surface area is 252 Å². The molecule has 1 amide bonds. The van der Waals surface area contributed by atoms with Crippen molar-refractivity contribution in [3.63, 3.8) is 0 Å². The molecule has 6 aromatic rings. The first-order valence-electron chi connectivity index (χ1n) is 14.4. The summed E-state index contributed by atoms with van der Waals surface area (Å²) in [5.74, 6) is -0.393. The third-order valence-electron chi connectivity index (χ3n) is 8.17. The predicted molar refractivity (Wildman–Crippen MR) is 169 cm³/mol. The summed E-state index contributed by atoms with van der Waals surface area (Å²) in [4.78, 5) is 24.8. The highest BCUT2D eigenvalue weighted by atomic mass is 32.2. The summed E-state index contributed by atoms with van der Waals surface area (Å²) in [5, 5.41) is 12.4. The number of sulfone groups is 1. The van der Waals surface area contributed by atoms with E-state index >= 15 is 0 Å². The average molecular weight is 609 g/mol. The van der Waals surface area contributed by atoms with E-state index in [2.05, 4.69) is 30.5 Å². The van der Waals surface area contributed by atoms with E-state index in [-0.39, 0.29) is 24.0 Å². The molecule has 1 saturated carbocycles. The molecule has 4 heterocycles. The van der Waals surface area contributed by atoms with Crippen LogP contribution in [0.15, 0.2) is 73.2 Å². The minimum absolute atomic E-state index is 0.0406. The number of aryl methyl sites for hydroxylation is 1. The van der Waals surface area contributed by atoms with E-state index in [9.17, 15) is 17.6 Å².